The minimum absolute atomic E-state index is 0. The average Bonchev–Trinajstić information content (AvgIpc) is 3.40. The van der Waals surface area contributed by atoms with Crippen LogP contribution in [0.3, 0.4) is 0 Å². The Morgan fingerprint density at radius 3 is 2.65 bits per heavy atom. The minimum atomic E-state index is -3.43. The Bertz CT molecular complexity index is 1070. The molecular weight excluding hydrogens is 533 g/mol. The molecule has 0 radical (unpaired) electrons. The second-order valence-electron chi connectivity index (χ2n) is 7.05. The molecule has 1 aliphatic rings. The van der Waals surface area contributed by atoms with Crippen LogP contribution in [-0.2, 0) is 22.3 Å². The molecule has 2 aromatic heterocycles. The highest BCUT2D eigenvalue weighted by molar-refractivity contribution is 14.0. The number of aromatic nitrogens is 1. The lowest BCUT2D eigenvalue weighted by atomic mass is 10.2. The van der Waals surface area contributed by atoms with Crippen LogP contribution in [0.1, 0.15) is 18.4 Å². The number of halogens is 1. The Morgan fingerprint density at radius 1 is 1.19 bits per heavy atom. The maximum Gasteiger partial charge on any atom is 0.220 e. The van der Waals surface area contributed by atoms with E-state index < -0.39 is 10.0 Å². The highest BCUT2D eigenvalue weighted by Crippen LogP contribution is 2.19. The van der Waals surface area contributed by atoms with Crippen molar-refractivity contribution in [3.05, 3.63) is 54.1 Å². The molecule has 0 amide bonds. The largest absolute Gasteiger partial charge is 0.459 e. The van der Waals surface area contributed by atoms with Gasteiger partial charge < -0.3 is 19.2 Å². The van der Waals surface area contributed by atoms with Crippen molar-refractivity contribution >= 4 is 50.9 Å². The molecule has 1 fully saturated rings. The second kappa shape index (κ2) is 10.5. The number of hydrogen-bond acceptors (Lipinski definition) is 6. The van der Waals surface area contributed by atoms with E-state index in [0.29, 0.717) is 38.4 Å². The van der Waals surface area contributed by atoms with Crippen molar-refractivity contribution in [1.82, 2.24) is 19.7 Å². The van der Waals surface area contributed by atoms with E-state index in [4.69, 9.17) is 13.9 Å². The van der Waals surface area contributed by atoms with Gasteiger partial charge in [-0.3, -0.25) is 0 Å². The molecular formula is C20H26IN5O4S. The van der Waals surface area contributed by atoms with Crippen LogP contribution in [0.4, 0.5) is 0 Å². The molecule has 0 aliphatic carbocycles. The molecule has 3 aromatic rings. The Labute approximate surface area is 198 Å². The SMILES string of the molecule is CCNC(=NCc1cc2ccccc2o1)N1CCN(S(=O)(=O)Cc2ccon2)CC1.I. The van der Waals surface area contributed by atoms with E-state index >= 15 is 0 Å². The van der Waals surface area contributed by atoms with Crippen LogP contribution >= 0.6 is 24.0 Å². The first-order chi connectivity index (χ1) is 14.5. The van der Waals surface area contributed by atoms with Crippen LogP contribution in [-0.4, -0.2) is 61.5 Å². The second-order valence-corrected chi connectivity index (χ2v) is 9.02. The molecule has 0 unspecified atom stereocenters. The van der Waals surface area contributed by atoms with Crippen LogP contribution in [0.2, 0.25) is 0 Å². The molecule has 3 heterocycles. The Balaban J connectivity index is 0.00000272. The molecule has 9 nitrogen and oxygen atoms in total. The standard InChI is InChI=1S/C20H25N5O4S.HI/c1-2-21-20(22-14-18-13-16-5-3-4-6-19(16)29-18)24-8-10-25(11-9-24)30(26,27)15-17-7-12-28-23-17;/h3-7,12-13H,2,8-11,14-15H2,1H3,(H,21,22);1H. The van der Waals surface area contributed by atoms with Gasteiger partial charge in [0.2, 0.25) is 10.0 Å². The van der Waals surface area contributed by atoms with E-state index in [1.54, 1.807) is 6.07 Å². The highest BCUT2D eigenvalue weighted by atomic mass is 127. The summed E-state index contributed by atoms with van der Waals surface area (Å²) in [6, 6.07) is 11.4. The first kappa shape index (κ1) is 23.5. The summed E-state index contributed by atoms with van der Waals surface area (Å²) in [5.74, 6) is 1.40. The molecule has 0 spiro atoms. The zero-order valence-corrected chi connectivity index (χ0v) is 20.4. The molecule has 1 N–H and O–H groups in total. The van der Waals surface area contributed by atoms with E-state index in [-0.39, 0.29) is 29.7 Å². The zero-order chi connectivity index (χ0) is 21.0. The maximum atomic E-state index is 12.6. The van der Waals surface area contributed by atoms with Gasteiger partial charge in [0, 0.05) is 44.2 Å². The van der Waals surface area contributed by atoms with Crippen LogP contribution in [0.15, 0.2) is 56.6 Å². The summed E-state index contributed by atoms with van der Waals surface area (Å²) in [6.45, 7) is 5.07. The molecule has 11 heteroatoms. The van der Waals surface area contributed by atoms with Gasteiger partial charge in [-0.05, 0) is 19.1 Å². The fourth-order valence-electron chi connectivity index (χ4n) is 3.46. The van der Waals surface area contributed by atoms with Crippen molar-refractivity contribution in [3.63, 3.8) is 0 Å². The van der Waals surface area contributed by atoms with Crippen molar-refractivity contribution in [3.8, 4) is 0 Å². The third-order valence-electron chi connectivity index (χ3n) is 4.95. The number of benzene rings is 1. The number of rotatable bonds is 6. The predicted octanol–water partition coefficient (Wildman–Crippen LogP) is 2.65. The fourth-order valence-corrected chi connectivity index (χ4v) is 4.89. The summed E-state index contributed by atoms with van der Waals surface area (Å²) in [4.78, 5) is 6.78. The van der Waals surface area contributed by atoms with Crippen molar-refractivity contribution in [1.29, 1.82) is 0 Å². The lowest BCUT2D eigenvalue weighted by Crippen LogP contribution is -2.53. The smallest absolute Gasteiger partial charge is 0.220 e. The van der Waals surface area contributed by atoms with Gasteiger partial charge >= 0.3 is 0 Å². The van der Waals surface area contributed by atoms with E-state index in [0.717, 1.165) is 29.2 Å². The van der Waals surface area contributed by atoms with Crippen molar-refractivity contribution < 1.29 is 17.4 Å². The maximum absolute atomic E-state index is 12.6. The van der Waals surface area contributed by atoms with Gasteiger partial charge in [0.15, 0.2) is 5.96 Å². The zero-order valence-electron chi connectivity index (χ0n) is 17.2. The number of aliphatic imine (C=N–C) groups is 1. The van der Waals surface area contributed by atoms with Crippen LogP contribution in [0, 0.1) is 0 Å². The van der Waals surface area contributed by atoms with Gasteiger partial charge in [0.05, 0.1) is 5.69 Å². The Kier molecular flexibility index (Phi) is 7.94. The van der Waals surface area contributed by atoms with Gasteiger partial charge in [0.25, 0.3) is 0 Å². The summed E-state index contributed by atoms with van der Waals surface area (Å²) in [5, 5.41) is 8.05. The summed E-state index contributed by atoms with van der Waals surface area (Å²) < 4.78 is 37.3. The number of nitrogens with zero attached hydrogens (tertiary/aromatic N) is 4. The van der Waals surface area contributed by atoms with Crippen LogP contribution in [0.25, 0.3) is 11.0 Å². The summed E-state index contributed by atoms with van der Waals surface area (Å²) in [7, 11) is -3.43. The molecule has 168 valence electrons. The number of sulfonamides is 1. The molecule has 1 aromatic carbocycles. The van der Waals surface area contributed by atoms with Crippen molar-refractivity contribution in [2.24, 2.45) is 4.99 Å². The van der Waals surface area contributed by atoms with Gasteiger partial charge in [-0.1, -0.05) is 23.4 Å². The lowest BCUT2D eigenvalue weighted by Gasteiger charge is -2.35. The highest BCUT2D eigenvalue weighted by Gasteiger charge is 2.29. The number of guanidine groups is 1. The average molecular weight is 559 g/mol. The van der Waals surface area contributed by atoms with E-state index in [1.807, 2.05) is 37.3 Å². The van der Waals surface area contributed by atoms with Crippen LogP contribution in [0.5, 0.6) is 0 Å². The van der Waals surface area contributed by atoms with E-state index in [2.05, 4.69) is 15.4 Å². The van der Waals surface area contributed by atoms with Crippen molar-refractivity contribution in [2.45, 2.75) is 19.2 Å². The predicted molar refractivity (Wildman–Crippen MR) is 129 cm³/mol. The van der Waals surface area contributed by atoms with Crippen molar-refractivity contribution in [2.75, 3.05) is 32.7 Å². The van der Waals surface area contributed by atoms with E-state index in [9.17, 15) is 8.42 Å². The number of hydrogen-bond donors (Lipinski definition) is 1. The Morgan fingerprint density at radius 2 is 1.97 bits per heavy atom. The summed E-state index contributed by atoms with van der Waals surface area (Å²) in [5.41, 5.74) is 1.26. The molecule has 0 bridgehead atoms. The summed E-state index contributed by atoms with van der Waals surface area (Å²) >= 11 is 0. The van der Waals surface area contributed by atoms with Gasteiger partial charge in [-0.2, -0.15) is 4.31 Å². The normalized spacial score (nSPS) is 15.8. The Hall–Kier alpha value is -2.12. The van der Waals surface area contributed by atoms with Gasteiger partial charge in [0.1, 0.15) is 29.9 Å². The molecule has 31 heavy (non-hydrogen) atoms. The monoisotopic (exact) mass is 559 g/mol. The first-order valence-corrected chi connectivity index (χ1v) is 11.5. The molecule has 4 rings (SSSR count). The summed E-state index contributed by atoms with van der Waals surface area (Å²) in [6.07, 6.45) is 1.38. The van der Waals surface area contributed by atoms with Gasteiger partial charge in [-0.25, -0.2) is 13.4 Å². The van der Waals surface area contributed by atoms with E-state index in [1.165, 1.54) is 10.6 Å². The first-order valence-electron chi connectivity index (χ1n) is 9.93. The molecule has 1 saturated heterocycles. The lowest BCUT2D eigenvalue weighted by molar-refractivity contribution is 0.259. The fraction of sp³-hybridized carbons (Fsp3) is 0.400. The topological polar surface area (TPSA) is 104 Å². The number of nitrogens with one attached hydrogen (secondary N) is 1. The van der Waals surface area contributed by atoms with Crippen LogP contribution < -0.4 is 5.32 Å². The molecule has 1 aliphatic heterocycles. The minimum Gasteiger partial charge on any atom is -0.459 e. The number of furan rings is 1. The third kappa shape index (κ3) is 5.77. The quantitative estimate of drug-likeness (QED) is 0.281. The molecule has 0 atom stereocenters. The molecule has 0 saturated carbocycles. The number of piperazine rings is 1. The number of fused-ring (bicyclic) bond motifs is 1. The number of para-hydroxylation sites is 1. The van der Waals surface area contributed by atoms with Gasteiger partial charge in [-0.15, -0.1) is 24.0 Å². The third-order valence-corrected chi connectivity index (χ3v) is 6.76.